The van der Waals surface area contributed by atoms with E-state index in [0.29, 0.717) is 9.90 Å². The van der Waals surface area contributed by atoms with E-state index in [2.05, 4.69) is 22.9 Å². The number of hydrogen-bond acceptors (Lipinski definition) is 3. The van der Waals surface area contributed by atoms with Gasteiger partial charge in [-0.2, -0.15) is 0 Å². The van der Waals surface area contributed by atoms with Crippen LogP contribution in [0.4, 0.5) is 0 Å². The average Bonchev–Trinajstić information content (AvgIpc) is 2.70. The van der Waals surface area contributed by atoms with Crippen molar-refractivity contribution in [1.29, 1.82) is 0 Å². The van der Waals surface area contributed by atoms with Crippen LogP contribution in [-0.2, 0) is 4.74 Å². The zero-order valence-corrected chi connectivity index (χ0v) is 13.0. The van der Waals surface area contributed by atoms with E-state index in [-0.39, 0.29) is 29.8 Å². The second-order valence-electron chi connectivity index (χ2n) is 4.53. The molecule has 0 saturated carbocycles. The van der Waals surface area contributed by atoms with Crippen LogP contribution in [0.2, 0.25) is 5.02 Å². The first-order valence-electron chi connectivity index (χ1n) is 5.56. The van der Waals surface area contributed by atoms with Gasteiger partial charge >= 0.3 is 0 Å². The lowest BCUT2D eigenvalue weighted by Crippen LogP contribution is -2.26. The summed E-state index contributed by atoms with van der Waals surface area (Å²) in [4.78, 5) is 13.1. The van der Waals surface area contributed by atoms with Crippen molar-refractivity contribution >= 4 is 44.7 Å². The molecule has 1 aromatic rings. The lowest BCUT2D eigenvalue weighted by Gasteiger charge is -2.15. The molecule has 2 rings (SSSR count). The van der Waals surface area contributed by atoms with Crippen molar-refractivity contribution in [2.45, 2.75) is 33.0 Å². The predicted molar refractivity (Wildman–Crippen MR) is 74.0 cm³/mol. The van der Waals surface area contributed by atoms with Crippen LogP contribution in [0.25, 0.3) is 0 Å². The van der Waals surface area contributed by atoms with Crippen molar-refractivity contribution in [2.24, 2.45) is 11.8 Å². The van der Waals surface area contributed by atoms with E-state index in [1.54, 1.807) is 6.07 Å². The van der Waals surface area contributed by atoms with Crippen molar-refractivity contribution in [2.75, 3.05) is 0 Å². The molecule has 0 aliphatic carbocycles. The first kappa shape index (κ1) is 13.5. The van der Waals surface area contributed by atoms with Crippen molar-refractivity contribution in [3.8, 4) is 0 Å². The third kappa shape index (κ3) is 2.46. The monoisotopic (exact) mass is 336 g/mol. The Hall–Kier alpha value is 0.1000. The molecule has 0 aromatic carbocycles. The highest BCUT2D eigenvalue weighted by molar-refractivity contribution is 9.11. The fourth-order valence-electron chi connectivity index (χ4n) is 2.35. The van der Waals surface area contributed by atoms with Gasteiger partial charge in [0, 0.05) is 0 Å². The highest BCUT2D eigenvalue weighted by Crippen LogP contribution is 2.38. The summed E-state index contributed by atoms with van der Waals surface area (Å²) in [6, 6.07) is 1.74. The Kier molecular flexibility index (Phi) is 3.98. The van der Waals surface area contributed by atoms with E-state index < -0.39 is 0 Å². The highest BCUT2D eigenvalue weighted by atomic mass is 79.9. The van der Waals surface area contributed by atoms with Crippen molar-refractivity contribution in [1.82, 2.24) is 0 Å². The molecule has 5 heteroatoms. The Morgan fingerprint density at radius 1 is 1.41 bits per heavy atom. The maximum Gasteiger partial charge on any atom is 0.178 e. The molecule has 17 heavy (non-hydrogen) atoms. The standard InChI is InChI=1S/C12H14BrClO2S/c1-5-6(2)16-7(3)10(5)11(15)9-4-8(14)12(13)17-9/h4-7,10H,1-3H3. The number of thiophene rings is 1. The normalized spacial score (nSPS) is 33.0. The van der Waals surface area contributed by atoms with Gasteiger partial charge in [-0.1, -0.05) is 18.5 Å². The lowest BCUT2D eigenvalue weighted by molar-refractivity contribution is 0.0492. The second kappa shape index (κ2) is 5.00. The molecule has 0 N–H and O–H groups in total. The molecule has 1 saturated heterocycles. The first-order valence-corrected chi connectivity index (χ1v) is 7.55. The molecule has 1 aromatic heterocycles. The van der Waals surface area contributed by atoms with Gasteiger partial charge in [-0.05, 0) is 41.8 Å². The molecule has 0 spiro atoms. The Balaban J connectivity index is 2.26. The summed E-state index contributed by atoms with van der Waals surface area (Å²) in [5.74, 6) is 0.329. The minimum absolute atomic E-state index is 0.0212. The summed E-state index contributed by atoms with van der Waals surface area (Å²) in [5, 5.41) is 0.602. The van der Waals surface area contributed by atoms with Gasteiger partial charge in [-0.3, -0.25) is 4.79 Å². The number of rotatable bonds is 2. The molecule has 1 fully saturated rings. The quantitative estimate of drug-likeness (QED) is 0.747. The van der Waals surface area contributed by atoms with E-state index in [1.165, 1.54) is 11.3 Å². The fraction of sp³-hybridized carbons (Fsp3) is 0.583. The molecule has 0 radical (unpaired) electrons. The van der Waals surface area contributed by atoms with Gasteiger partial charge in [0.2, 0.25) is 0 Å². The Morgan fingerprint density at radius 2 is 2.06 bits per heavy atom. The molecule has 0 amide bonds. The summed E-state index contributed by atoms with van der Waals surface area (Å²) in [5.41, 5.74) is 0. The van der Waals surface area contributed by atoms with Crippen LogP contribution < -0.4 is 0 Å². The molecule has 2 nitrogen and oxygen atoms in total. The molecule has 4 unspecified atom stereocenters. The van der Waals surface area contributed by atoms with E-state index in [4.69, 9.17) is 16.3 Å². The van der Waals surface area contributed by atoms with Crippen LogP contribution in [0.3, 0.4) is 0 Å². The summed E-state index contributed by atoms with van der Waals surface area (Å²) in [7, 11) is 0. The van der Waals surface area contributed by atoms with Crippen molar-refractivity contribution < 1.29 is 9.53 Å². The van der Waals surface area contributed by atoms with Crippen LogP contribution in [0.15, 0.2) is 9.85 Å². The van der Waals surface area contributed by atoms with Gasteiger partial charge in [-0.15, -0.1) is 11.3 Å². The maximum atomic E-state index is 12.4. The third-order valence-electron chi connectivity index (χ3n) is 3.43. The fourth-order valence-corrected chi connectivity index (χ4v) is 4.04. The molecular formula is C12H14BrClO2S. The largest absolute Gasteiger partial charge is 0.374 e. The summed E-state index contributed by atoms with van der Waals surface area (Å²) < 4.78 is 6.52. The van der Waals surface area contributed by atoms with Crippen LogP contribution >= 0.6 is 38.9 Å². The summed E-state index contributed by atoms with van der Waals surface area (Å²) >= 11 is 10.7. The Morgan fingerprint density at radius 3 is 2.47 bits per heavy atom. The molecule has 2 heterocycles. The SMILES string of the molecule is CC1OC(C)C(C(=O)c2cc(Cl)c(Br)s2)C1C. The van der Waals surface area contributed by atoms with Gasteiger partial charge in [0.15, 0.2) is 5.78 Å². The number of carbonyl (C=O) groups excluding carboxylic acids is 1. The molecule has 4 atom stereocenters. The number of halogens is 2. The summed E-state index contributed by atoms with van der Waals surface area (Å²) in [6.07, 6.45) is 0.116. The van der Waals surface area contributed by atoms with Crippen LogP contribution in [0, 0.1) is 11.8 Å². The highest BCUT2D eigenvalue weighted by Gasteiger charge is 2.42. The van der Waals surface area contributed by atoms with Crippen LogP contribution in [0.5, 0.6) is 0 Å². The smallest absolute Gasteiger partial charge is 0.178 e. The zero-order valence-electron chi connectivity index (χ0n) is 9.87. The minimum atomic E-state index is -0.0633. The first-order chi connectivity index (χ1) is 7.91. The van der Waals surface area contributed by atoms with E-state index >= 15 is 0 Å². The minimum Gasteiger partial charge on any atom is -0.374 e. The van der Waals surface area contributed by atoms with Gasteiger partial charge in [-0.25, -0.2) is 0 Å². The lowest BCUT2D eigenvalue weighted by atomic mass is 9.85. The third-order valence-corrected chi connectivity index (χ3v) is 5.92. The van der Waals surface area contributed by atoms with E-state index in [9.17, 15) is 4.79 Å². The molecule has 1 aliphatic rings. The second-order valence-corrected chi connectivity index (χ2v) is 7.31. The number of ether oxygens (including phenoxy) is 1. The van der Waals surface area contributed by atoms with Crippen molar-refractivity contribution in [3.05, 3.63) is 19.8 Å². The van der Waals surface area contributed by atoms with Gasteiger partial charge < -0.3 is 4.74 Å². The number of hydrogen-bond donors (Lipinski definition) is 0. The molecular weight excluding hydrogens is 324 g/mol. The summed E-state index contributed by atoms with van der Waals surface area (Å²) in [6.45, 7) is 6.06. The molecule has 1 aliphatic heterocycles. The number of ketones is 1. The van der Waals surface area contributed by atoms with Crippen LogP contribution in [-0.4, -0.2) is 18.0 Å². The molecule has 94 valence electrons. The maximum absolute atomic E-state index is 12.4. The van der Waals surface area contributed by atoms with Crippen molar-refractivity contribution in [3.63, 3.8) is 0 Å². The van der Waals surface area contributed by atoms with Gasteiger partial charge in [0.05, 0.1) is 31.8 Å². The molecule has 0 bridgehead atoms. The van der Waals surface area contributed by atoms with E-state index in [0.717, 1.165) is 3.79 Å². The number of Topliss-reactive ketones (excluding diaryl/α,β-unsaturated/α-hetero) is 1. The predicted octanol–water partition coefficient (Wildman–Crippen LogP) is 4.41. The average molecular weight is 338 g/mol. The zero-order chi connectivity index (χ0) is 12.7. The Bertz CT molecular complexity index is 426. The van der Waals surface area contributed by atoms with Gasteiger partial charge in [0.1, 0.15) is 0 Å². The van der Waals surface area contributed by atoms with E-state index in [1.807, 2.05) is 13.8 Å². The van der Waals surface area contributed by atoms with Gasteiger partial charge in [0.25, 0.3) is 0 Å². The Labute approximate surface area is 118 Å². The van der Waals surface area contributed by atoms with Crippen LogP contribution in [0.1, 0.15) is 30.4 Å². The number of carbonyl (C=O) groups is 1. The topological polar surface area (TPSA) is 26.3 Å².